The van der Waals surface area contributed by atoms with E-state index in [9.17, 15) is 0 Å². The zero-order valence-corrected chi connectivity index (χ0v) is 35.9. The fraction of sp³-hybridized carbons (Fsp3) is 0.133. The van der Waals surface area contributed by atoms with E-state index in [4.69, 9.17) is 0 Å². The number of para-hydroxylation sites is 1. The molecule has 0 spiro atoms. The summed E-state index contributed by atoms with van der Waals surface area (Å²) in [7, 11) is 0. The average Bonchev–Trinajstić information content (AvgIpc) is 3.65. The van der Waals surface area contributed by atoms with Gasteiger partial charge in [0.15, 0.2) is 0 Å². The van der Waals surface area contributed by atoms with E-state index in [0.717, 1.165) is 17.1 Å². The Morgan fingerprint density at radius 3 is 1.55 bits per heavy atom. The van der Waals surface area contributed by atoms with Gasteiger partial charge in [-0.1, -0.05) is 173 Å². The van der Waals surface area contributed by atoms with E-state index in [1.165, 1.54) is 95.6 Å². The average molecular weight is 799 g/mol. The second kappa shape index (κ2) is 14.8. The van der Waals surface area contributed by atoms with Crippen LogP contribution in [0, 0.1) is 0 Å². The third kappa shape index (κ3) is 6.59. The second-order valence-electron chi connectivity index (χ2n) is 18.5. The van der Waals surface area contributed by atoms with Crippen LogP contribution in [-0.2, 0) is 10.8 Å². The molecule has 0 N–H and O–H groups in total. The molecular formula is C60H50N2. The maximum Gasteiger partial charge on any atom is 0.0561 e. The molecule has 0 saturated carbocycles. The Hall–Kier alpha value is -7.16. The highest BCUT2D eigenvalue weighted by Gasteiger charge is 2.37. The zero-order valence-electron chi connectivity index (χ0n) is 35.9. The molecule has 62 heavy (non-hydrogen) atoms. The predicted octanol–water partition coefficient (Wildman–Crippen LogP) is 16.8. The van der Waals surface area contributed by atoms with Crippen molar-refractivity contribution < 1.29 is 0 Å². The number of hydrogen-bond donors (Lipinski definition) is 0. The molecule has 2 heteroatoms. The van der Waals surface area contributed by atoms with Crippen LogP contribution in [-0.4, -0.2) is 4.57 Å². The molecule has 0 radical (unpaired) electrons. The highest BCUT2D eigenvalue weighted by atomic mass is 15.1. The van der Waals surface area contributed by atoms with Gasteiger partial charge in [0.2, 0.25) is 0 Å². The lowest BCUT2D eigenvalue weighted by molar-refractivity contribution is 0.332. The van der Waals surface area contributed by atoms with Gasteiger partial charge in [0, 0.05) is 33.5 Å². The van der Waals surface area contributed by atoms with Crippen LogP contribution in [0.25, 0.3) is 71.6 Å². The largest absolute Gasteiger partial charge is 0.310 e. The molecule has 1 aliphatic rings. The Kier molecular flexibility index (Phi) is 9.02. The molecule has 1 heterocycles. The van der Waals surface area contributed by atoms with Crippen LogP contribution in [0.4, 0.5) is 17.1 Å². The summed E-state index contributed by atoms with van der Waals surface area (Å²) in [4.78, 5) is 2.43. The summed E-state index contributed by atoms with van der Waals surface area (Å²) in [6.07, 6.45) is 2.38. The summed E-state index contributed by atoms with van der Waals surface area (Å²) in [6.45, 7) is 9.66. The first-order valence-electron chi connectivity index (χ1n) is 22.0. The number of nitrogens with zero attached hydrogens (tertiary/aromatic N) is 2. The number of benzene rings is 9. The molecule has 1 aliphatic carbocycles. The van der Waals surface area contributed by atoms with Crippen molar-refractivity contribution in [2.75, 3.05) is 4.90 Å². The minimum absolute atomic E-state index is 0.105. The van der Waals surface area contributed by atoms with Crippen LogP contribution < -0.4 is 4.90 Å². The molecule has 0 atom stereocenters. The topological polar surface area (TPSA) is 8.17 Å². The summed E-state index contributed by atoms with van der Waals surface area (Å²) in [5, 5.41) is 4.94. The van der Waals surface area contributed by atoms with E-state index in [0.29, 0.717) is 0 Å². The van der Waals surface area contributed by atoms with Gasteiger partial charge >= 0.3 is 0 Å². The summed E-state index contributed by atoms with van der Waals surface area (Å²) in [5.74, 6) is 0. The van der Waals surface area contributed by atoms with E-state index in [2.05, 4.69) is 243 Å². The first kappa shape index (κ1) is 37.8. The van der Waals surface area contributed by atoms with Gasteiger partial charge in [-0.2, -0.15) is 0 Å². The SMILES string of the molecule is CC1(C)CCC(C)(C)c2cc(-n3c4ccccc4c4ccc(N(c5ccc(-c6ccc(-c7ccccc7)cc6)cc5)c5ccc6ccc(-c7ccccc7)cc6c5)cc43)ccc21. The molecule has 0 amide bonds. The fourth-order valence-corrected chi connectivity index (χ4v) is 10.0. The molecule has 1 aromatic heterocycles. The summed E-state index contributed by atoms with van der Waals surface area (Å²) in [6, 6.07) is 76.2. The van der Waals surface area contributed by atoms with E-state index in [1.54, 1.807) is 0 Å². The Bertz CT molecular complexity index is 3260. The Balaban J connectivity index is 1.07. The van der Waals surface area contributed by atoms with Gasteiger partial charge in [0.1, 0.15) is 0 Å². The van der Waals surface area contributed by atoms with Crippen molar-refractivity contribution in [3.8, 4) is 39.1 Å². The number of hydrogen-bond acceptors (Lipinski definition) is 1. The van der Waals surface area contributed by atoms with Gasteiger partial charge in [-0.3, -0.25) is 0 Å². The summed E-state index contributed by atoms with van der Waals surface area (Å²) >= 11 is 0. The lowest BCUT2D eigenvalue weighted by atomic mass is 9.63. The smallest absolute Gasteiger partial charge is 0.0561 e. The van der Waals surface area contributed by atoms with Crippen molar-refractivity contribution in [3.63, 3.8) is 0 Å². The molecule has 0 saturated heterocycles. The van der Waals surface area contributed by atoms with Crippen molar-refractivity contribution in [3.05, 3.63) is 217 Å². The third-order valence-corrected chi connectivity index (χ3v) is 13.7. The normalized spacial score (nSPS) is 14.3. The lowest BCUT2D eigenvalue weighted by Crippen LogP contribution is -2.33. The molecule has 9 aromatic carbocycles. The molecule has 0 aliphatic heterocycles. The predicted molar refractivity (Wildman–Crippen MR) is 265 cm³/mol. The highest BCUT2D eigenvalue weighted by Crippen LogP contribution is 2.47. The van der Waals surface area contributed by atoms with Gasteiger partial charge in [-0.15, -0.1) is 0 Å². The van der Waals surface area contributed by atoms with Crippen molar-refractivity contribution in [1.82, 2.24) is 4.57 Å². The minimum Gasteiger partial charge on any atom is -0.310 e. The molecule has 11 rings (SSSR count). The van der Waals surface area contributed by atoms with Crippen LogP contribution in [0.2, 0.25) is 0 Å². The Morgan fingerprint density at radius 1 is 0.355 bits per heavy atom. The molecule has 300 valence electrons. The molecule has 0 unspecified atom stereocenters. The van der Waals surface area contributed by atoms with Gasteiger partial charge in [0.05, 0.1) is 11.0 Å². The van der Waals surface area contributed by atoms with E-state index >= 15 is 0 Å². The first-order chi connectivity index (χ1) is 30.2. The second-order valence-corrected chi connectivity index (χ2v) is 18.5. The maximum atomic E-state index is 2.50. The van der Waals surface area contributed by atoms with Crippen molar-refractivity contribution in [1.29, 1.82) is 0 Å². The van der Waals surface area contributed by atoms with E-state index in [1.807, 2.05) is 0 Å². The van der Waals surface area contributed by atoms with Crippen LogP contribution in [0.5, 0.6) is 0 Å². The van der Waals surface area contributed by atoms with E-state index < -0.39 is 0 Å². The quantitative estimate of drug-likeness (QED) is 0.156. The van der Waals surface area contributed by atoms with E-state index in [-0.39, 0.29) is 10.8 Å². The van der Waals surface area contributed by atoms with Crippen molar-refractivity contribution >= 4 is 49.6 Å². The van der Waals surface area contributed by atoms with Gasteiger partial charge in [-0.25, -0.2) is 0 Å². The molecule has 0 fully saturated rings. The van der Waals surface area contributed by atoms with Crippen LogP contribution in [0.1, 0.15) is 51.7 Å². The Morgan fingerprint density at radius 2 is 0.855 bits per heavy atom. The maximum absolute atomic E-state index is 2.50. The van der Waals surface area contributed by atoms with Crippen LogP contribution in [0.15, 0.2) is 206 Å². The number of fused-ring (bicyclic) bond motifs is 5. The monoisotopic (exact) mass is 798 g/mol. The number of anilines is 3. The molecule has 0 bridgehead atoms. The van der Waals surface area contributed by atoms with Crippen LogP contribution in [0.3, 0.4) is 0 Å². The molecule has 10 aromatic rings. The van der Waals surface area contributed by atoms with Gasteiger partial charge in [-0.05, 0) is 140 Å². The first-order valence-corrected chi connectivity index (χ1v) is 22.0. The molecular weight excluding hydrogens is 749 g/mol. The summed E-state index contributed by atoms with van der Waals surface area (Å²) < 4.78 is 2.50. The standard InChI is InChI=1S/C60H50N2/c1-59(2)35-36-60(3,4)56-39-51(32-34-55(56)59)62-57-18-12-11-17-53(57)54-33-31-52(40-58(54)62)61(50-30-27-46-23-24-47(37-48(46)38-50)42-15-9-6-10-16-42)49-28-25-45(26-29-49)44-21-19-43(20-22-44)41-13-7-5-8-14-41/h5-34,37-40H,35-36H2,1-4H3. The molecule has 2 nitrogen and oxygen atoms in total. The van der Waals surface area contributed by atoms with Crippen molar-refractivity contribution in [2.24, 2.45) is 0 Å². The fourth-order valence-electron chi connectivity index (χ4n) is 10.0. The summed E-state index contributed by atoms with van der Waals surface area (Å²) in [5.41, 5.74) is 17.4. The minimum atomic E-state index is 0.105. The number of aromatic nitrogens is 1. The third-order valence-electron chi connectivity index (χ3n) is 13.7. The number of rotatable bonds is 7. The zero-order chi connectivity index (χ0) is 42.0. The van der Waals surface area contributed by atoms with Gasteiger partial charge in [0.25, 0.3) is 0 Å². The highest BCUT2D eigenvalue weighted by molar-refractivity contribution is 6.10. The van der Waals surface area contributed by atoms with Crippen molar-refractivity contribution in [2.45, 2.75) is 51.4 Å². The Labute approximate surface area is 365 Å². The van der Waals surface area contributed by atoms with Crippen LogP contribution >= 0.6 is 0 Å². The lowest BCUT2D eigenvalue weighted by Gasteiger charge is -2.42. The van der Waals surface area contributed by atoms with Gasteiger partial charge < -0.3 is 9.47 Å².